The predicted octanol–water partition coefficient (Wildman–Crippen LogP) is 3.53. The van der Waals surface area contributed by atoms with Crippen LogP contribution in [0, 0.1) is 0 Å². The first kappa shape index (κ1) is 17.9. The Balaban J connectivity index is 2.42. The Morgan fingerprint density at radius 1 is 0.692 bits per heavy atom. The Morgan fingerprint density at radius 2 is 1.35 bits per heavy atom. The zero-order chi connectivity index (χ0) is 18.8. The minimum atomic E-state index is -0.00747. The van der Waals surface area contributed by atoms with Gasteiger partial charge in [0.2, 0.25) is 5.75 Å². The molecular weight excluding hydrogens is 336 g/mol. The molecule has 0 unspecified atom stereocenters. The predicted molar refractivity (Wildman–Crippen MR) is 97.3 cm³/mol. The highest BCUT2D eigenvalue weighted by Crippen LogP contribution is 2.51. The van der Waals surface area contributed by atoms with Gasteiger partial charge < -0.3 is 23.7 Å². The first-order valence-corrected chi connectivity index (χ1v) is 8.21. The van der Waals surface area contributed by atoms with E-state index in [-0.39, 0.29) is 5.78 Å². The average molecular weight is 358 g/mol. The van der Waals surface area contributed by atoms with E-state index in [9.17, 15) is 4.79 Å². The third-order valence-electron chi connectivity index (χ3n) is 4.63. The topological polar surface area (TPSA) is 63.2 Å². The molecule has 1 aliphatic rings. The lowest BCUT2D eigenvalue weighted by Crippen LogP contribution is -2.05. The minimum absolute atomic E-state index is 0.00747. The second-order valence-electron chi connectivity index (χ2n) is 5.83. The van der Waals surface area contributed by atoms with Gasteiger partial charge in [-0.25, -0.2) is 0 Å². The highest BCUT2D eigenvalue weighted by atomic mass is 16.5. The van der Waals surface area contributed by atoms with Crippen molar-refractivity contribution in [2.24, 2.45) is 0 Å². The van der Waals surface area contributed by atoms with E-state index in [0.717, 1.165) is 16.7 Å². The van der Waals surface area contributed by atoms with E-state index in [1.54, 1.807) is 34.5 Å². The number of fused-ring (bicyclic) bond motifs is 3. The van der Waals surface area contributed by atoms with E-state index in [1.165, 1.54) is 7.11 Å². The molecule has 3 rings (SSSR count). The van der Waals surface area contributed by atoms with Crippen molar-refractivity contribution in [3.63, 3.8) is 0 Å². The Hall–Kier alpha value is -2.89. The molecule has 0 bridgehead atoms. The molecule has 138 valence electrons. The van der Waals surface area contributed by atoms with Gasteiger partial charge in [-0.3, -0.25) is 4.79 Å². The van der Waals surface area contributed by atoms with Crippen LogP contribution in [0.4, 0.5) is 0 Å². The summed E-state index contributed by atoms with van der Waals surface area (Å²) in [5, 5.41) is 0. The summed E-state index contributed by atoms with van der Waals surface area (Å²) in [6.45, 7) is 0. The van der Waals surface area contributed by atoms with E-state index in [1.807, 2.05) is 12.1 Å². The van der Waals surface area contributed by atoms with Crippen LogP contribution in [0.3, 0.4) is 0 Å². The molecular formula is C20H22O6. The number of hydrogen-bond donors (Lipinski definition) is 0. The molecule has 0 aromatic heterocycles. The van der Waals surface area contributed by atoms with Crippen LogP contribution in [-0.4, -0.2) is 41.3 Å². The lowest BCUT2D eigenvalue weighted by molar-refractivity contribution is 0.0981. The van der Waals surface area contributed by atoms with Crippen LogP contribution in [0.1, 0.15) is 22.3 Å². The molecule has 6 heteroatoms. The molecule has 2 aromatic carbocycles. The van der Waals surface area contributed by atoms with Gasteiger partial charge in [0.05, 0.1) is 41.1 Å². The van der Waals surface area contributed by atoms with Gasteiger partial charge in [0.15, 0.2) is 28.8 Å². The van der Waals surface area contributed by atoms with Crippen LogP contribution in [-0.2, 0) is 6.42 Å². The first-order chi connectivity index (χ1) is 12.6. The molecule has 2 aromatic rings. The third kappa shape index (κ3) is 2.62. The molecule has 0 fully saturated rings. The second kappa shape index (κ2) is 7.15. The fraction of sp³-hybridized carbons (Fsp3) is 0.350. The molecule has 0 N–H and O–H groups in total. The summed E-state index contributed by atoms with van der Waals surface area (Å²) < 4.78 is 27.5. The quantitative estimate of drug-likeness (QED) is 0.815. The minimum Gasteiger partial charge on any atom is -0.493 e. The summed E-state index contributed by atoms with van der Waals surface area (Å²) in [4.78, 5) is 12.9. The molecule has 0 spiro atoms. The molecule has 0 saturated carbocycles. The molecule has 1 aliphatic carbocycles. The van der Waals surface area contributed by atoms with Gasteiger partial charge in [-0.15, -0.1) is 0 Å². The molecule has 0 aliphatic heterocycles. The van der Waals surface area contributed by atoms with Gasteiger partial charge in [0, 0.05) is 17.5 Å². The summed E-state index contributed by atoms with van der Waals surface area (Å²) >= 11 is 0. The van der Waals surface area contributed by atoms with Crippen LogP contribution in [0.25, 0.3) is 11.1 Å². The van der Waals surface area contributed by atoms with E-state index in [0.29, 0.717) is 47.2 Å². The molecule has 0 saturated heterocycles. The van der Waals surface area contributed by atoms with Crippen molar-refractivity contribution in [2.45, 2.75) is 12.8 Å². The highest BCUT2D eigenvalue weighted by Gasteiger charge is 2.31. The molecule has 0 atom stereocenters. The largest absolute Gasteiger partial charge is 0.493 e. The zero-order valence-corrected chi connectivity index (χ0v) is 15.6. The molecule has 0 amide bonds. The van der Waals surface area contributed by atoms with Crippen molar-refractivity contribution < 1.29 is 28.5 Å². The van der Waals surface area contributed by atoms with Crippen LogP contribution < -0.4 is 23.7 Å². The monoisotopic (exact) mass is 358 g/mol. The van der Waals surface area contributed by atoms with Crippen molar-refractivity contribution in [1.29, 1.82) is 0 Å². The number of methoxy groups -OCH3 is 5. The average Bonchev–Trinajstić information content (AvgIpc) is 2.82. The van der Waals surface area contributed by atoms with Gasteiger partial charge in [0.25, 0.3) is 0 Å². The SMILES string of the molecule is COc1cc2c(c(OC)c1OC)-c1ccc(OC)c(OC)c1C(=O)CC2. The summed E-state index contributed by atoms with van der Waals surface area (Å²) in [6.07, 6.45) is 0.910. The number of Topliss-reactive ketones (excluding diaryl/α,β-unsaturated/α-hetero) is 1. The third-order valence-corrected chi connectivity index (χ3v) is 4.63. The van der Waals surface area contributed by atoms with E-state index < -0.39 is 0 Å². The number of carbonyl (C=O) groups excluding carboxylic acids is 1. The van der Waals surface area contributed by atoms with E-state index in [2.05, 4.69) is 0 Å². The Bertz CT molecular complexity index is 856. The fourth-order valence-corrected chi connectivity index (χ4v) is 3.48. The van der Waals surface area contributed by atoms with Gasteiger partial charge in [-0.05, 0) is 30.2 Å². The highest BCUT2D eigenvalue weighted by molar-refractivity contribution is 6.08. The number of rotatable bonds is 5. The van der Waals surface area contributed by atoms with Crippen LogP contribution >= 0.6 is 0 Å². The van der Waals surface area contributed by atoms with E-state index >= 15 is 0 Å². The number of hydrogen-bond acceptors (Lipinski definition) is 6. The van der Waals surface area contributed by atoms with Crippen molar-refractivity contribution in [3.05, 3.63) is 29.3 Å². The number of aryl methyl sites for hydroxylation is 1. The lowest BCUT2D eigenvalue weighted by atomic mass is 9.93. The van der Waals surface area contributed by atoms with Crippen LogP contribution in [0.2, 0.25) is 0 Å². The smallest absolute Gasteiger partial charge is 0.203 e. The second-order valence-corrected chi connectivity index (χ2v) is 5.83. The normalized spacial score (nSPS) is 12.6. The number of carbonyl (C=O) groups is 1. The van der Waals surface area contributed by atoms with Gasteiger partial charge in [-0.1, -0.05) is 0 Å². The van der Waals surface area contributed by atoms with Gasteiger partial charge in [-0.2, -0.15) is 0 Å². The van der Waals surface area contributed by atoms with Gasteiger partial charge >= 0.3 is 0 Å². The Kier molecular flexibility index (Phi) is 4.93. The van der Waals surface area contributed by atoms with Crippen molar-refractivity contribution >= 4 is 5.78 Å². The standard InChI is InChI=1S/C20H22O6/c1-22-14-9-7-12-16-11(6-8-13(21)17(12)18(14)24-3)10-15(23-2)19(25-4)20(16)26-5/h7,9-10H,6,8H2,1-5H3. The van der Waals surface area contributed by atoms with Gasteiger partial charge in [0.1, 0.15) is 0 Å². The Morgan fingerprint density at radius 3 is 1.92 bits per heavy atom. The van der Waals surface area contributed by atoms with E-state index in [4.69, 9.17) is 23.7 Å². The zero-order valence-electron chi connectivity index (χ0n) is 15.6. The Labute approximate surface area is 152 Å². The molecule has 0 radical (unpaired) electrons. The maximum atomic E-state index is 12.9. The number of benzene rings is 2. The number of ketones is 1. The summed E-state index contributed by atoms with van der Waals surface area (Å²) in [5.74, 6) is 2.53. The molecule has 0 heterocycles. The number of ether oxygens (including phenoxy) is 5. The molecule has 26 heavy (non-hydrogen) atoms. The lowest BCUT2D eigenvalue weighted by Gasteiger charge is -2.20. The maximum absolute atomic E-state index is 12.9. The maximum Gasteiger partial charge on any atom is 0.203 e. The van der Waals surface area contributed by atoms with Crippen LogP contribution in [0.15, 0.2) is 18.2 Å². The fourth-order valence-electron chi connectivity index (χ4n) is 3.48. The van der Waals surface area contributed by atoms with Crippen molar-refractivity contribution in [3.8, 4) is 39.9 Å². The van der Waals surface area contributed by atoms with Crippen molar-refractivity contribution in [2.75, 3.05) is 35.5 Å². The summed E-state index contributed by atoms with van der Waals surface area (Å²) in [7, 11) is 7.79. The van der Waals surface area contributed by atoms with Crippen LogP contribution in [0.5, 0.6) is 28.7 Å². The first-order valence-electron chi connectivity index (χ1n) is 8.21. The summed E-state index contributed by atoms with van der Waals surface area (Å²) in [5.41, 5.74) is 3.00. The molecule has 6 nitrogen and oxygen atoms in total. The summed E-state index contributed by atoms with van der Waals surface area (Å²) in [6, 6.07) is 5.54. The van der Waals surface area contributed by atoms with Crippen molar-refractivity contribution in [1.82, 2.24) is 0 Å².